The van der Waals surface area contributed by atoms with E-state index in [1.807, 2.05) is 0 Å². The maximum Gasteiger partial charge on any atom is 0.139 e. The van der Waals surface area contributed by atoms with E-state index in [4.69, 9.17) is 9.47 Å². The van der Waals surface area contributed by atoms with E-state index in [0.29, 0.717) is 12.6 Å². The van der Waals surface area contributed by atoms with E-state index in [-0.39, 0.29) is 0 Å². The summed E-state index contributed by atoms with van der Waals surface area (Å²) in [7, 11) is 0. The van der Waals surface area contributed by atoms with Crippen molar-refractivity contribution >= 4 is 0 Å². The average molecular weight is 281 g/mol. The molecule has 0 aromatic heterocycles. The molecule has 3 heteroatoms. The molecule has 2 heterocycles. The minimum absolute atomic E-state index is 0.439. The molecule has 1 N–H and O–H groups in total. The highest BCUT2D eigenvalue weighted by Crippen LogP contribution is 2.40. The van der Waals surface area contributed by atoms with Crippen LogP contribution in [0.1, 0.15) is 28.2 Å². The van der Waals surface area contributed by atoms with Crippen molar-refractivity contribution in [3.8, 4) is 11.5 Å². The molecule has 1 unspecified atom stereocenters. The number of nitrogens with one attached hydrogen (secondary N) is 1. The summed E-state index contributed by atoms with van der Waals surface area (Å²) < 4.78 is 11.8. The molecule has 2 aromatic rings. The molecule has 0 bridgehead atoms. The van der Waals surface area contributed by atoms with E-state index in [1.165, 1.54) is 22.3 Å². The molecule has 21 heavy (non-hydrogen) atoms. The van der Waals surface area contributed by atoms with Crippen LogP contribution >= 0.6 is 0 Å². The SMILES string of the molecule is Cc1ccccc1C1COc2c(ccc3c2CNCO3)C1. The van der Waals surface area contributed by atoms with Crippen LogP contribution in [0, 0.1) is 6.92 Å². The molecule has 0 radical (unpaired) electrons. The van der Waals surface area contributed by atoms with Gasteiger partial charge in [0.2, 0.25) is 0 Å². The summed E-state index contributed by atoms with van der Waals surface area (Å²) in [5, 5.41) is 3.24. The second kappa shape index (κ2) is 5.08. The highest BCUT2D eigenvalue weighted by Gasteiger charge is 2.27. The normalized spacial score (nSPS) is 20.0. The Balaban J connectivity index is 1.68. The summed E-state index contributed by atoms with van der Waals surface area (Å²) >= 11 is 0. The molecular weight excluding hydrogens is 262 g/mol. The summed E-state index contributed by atoms with van der Waals surface area (Å²) in [6.45, 7) is 4.33. The second-order valence-electron chi connectivity index (χ2n) is 5.81. The number of ether oxygens (including phenoxy) is 2. The van der Waals surface area contributed by atoms with Gasteiger partial charge in [-0.2, -0.15) is 0 Å². The van der Waals surface area contributed by atoms with Crippen LogP contribution in [-0.4, -0.2) is 13.3 Å². The fourth-order valence-electron chi connectivity index (χ4n) is 3.36. The predicted molar refractivity (Wildman–Crippen MR) is 81.9 cm³/mol. The van der Waals surface area contributed by atoms with E-state index < -0.39 is 0 Å². The molecule has 2 aliphatic rings. The van der Waals surface area contributed by atoms with Gasteiger partial charge >= 0.3 is 0 Å². The highest BCUT2D eigenvalue weighted by atomic mass is 16.5. The predicted octanol–water partition coefficient (Wildman–Crippen LogP) is 3.15. The minimum Gasteiger partial charge on any atom is -0.492 e. The second-order valence-corrected chi connectivity index (χ2v) is 5.81. The lowest BCUT2D eigenvalue weighted by Gasteiger charge is -2.30. The lowest BCUT2D eigenvalue weighted by atomic mass is 9.87. The lowest BCUT2D eigenvalue weighted by Crippen LogP contribution is -2.28. The van der Waals surface area contributed by atoms with Crippen LogP contribution in [0.2, 0.25) is 0 Å². The molecule has 2 aromatic carbocycles. The molecular formula is C18H19NO2. The molecule has 3 nitrogen and oxygen atoms in total. The summed E-state index contributed by atoms with van der Waals surface area (Å²) in [5.41, 5.74) is 5.20. The third kappa shape index (κ3) is 2.18. The van der Waals surface area contributed by atoms with Crippen LogP contribution in [0.4, 0.5) is 0 Å². The topological polar surface area (TPSA) is 30.5 Å². The molecule has 1 atom stereocenters. The Morgan fingerprint density at radius 1 is 1.10 bits per heavy atom. The van der Waals surface area contributed by atoms with Crippen molar-refractivity contribution in [3.63, 3.8) is 0 Å². The van der Waals surface area contributed by atoms with Crippen molar-refractivity contribution in [2.75, 3.05) is 13.3 Å². The number of fused-ring (bicyclic) bond motifs is 3. The summed E-state index contributed by atoms with van der Waals surface area (Å²) in [4.78, 5) is 0. The standard InChI is InChI=1S/C18H19NO2/c1-12-4-2-3-5-15(12)14-8-13-6-7-17-16(9-19-11-21-17)18(13)20-10-14/h2-7,14,19H,8-11H2,1H3. The van der Waals surface area contributed by atoms with Crippen LogP contribution < -0.4 is 14.8 Å². The number of rotatable bonds is 1. The van der Waals surface area contributed by atoms with Crippen LogP contribution in [0.25, 0.3) is 0 Å². The maximum absolute atomic E-state index is 6.12. The number of hydrogen-bond donors (Lipinski definition) is 1. The number of benzene rings is 2. The van der Waals surface area contributed by atoms with Gasteiger partial charge < -0.3 is 9.47 Å². The molecule has 0 saturated carbocycles. The first kappa shape index (κ1) is 12.7. The quantitative estimate of drug-likeness (QED) is 0.871. The van der Waals surface area contributed by atoms with E-state index in [2.05, 4.69) is 48.6 Å². The Kier molecular flexibility index (Phi) is 3.08. The molecule has 108 valence electrons. The summed E-state index contributed by atoms with van der Waals surface area (Å²) in [6.07, 6.45) is 1.04. The third-order valence-electron chi connectivity index (χ3n) is 4.45. The number of hydrogen-bond acceptors (Lipinski definition) is 3. The van der Waals surface area contributed by atoms with Gasteiger partial charge in [0.05, 0.1) is 12.2 Å². The summed E-state index contributed by atoms with van der Waals surface area (Å²) in [5.74, 6) is 2.43. The van der Waals surface area contributed by atoms with Gasteiger partial charge in [-0.25, -0.2) is 0 Å². The van der Waals surface area contributed by atoms with Gasteiger partial charge in [-0.1, -0.05) is 30.3 Å². The van der Waals surface area contributed by atoms with Crippen LogP contribution in [0.3, 0.4) is 0 Å². The molecule has 0 saturated heterocycles. The van der Waals surface area contributed by atoms with E-state index in [0.717, 1.165) is 31.1 Å². The van der Waals surface area contributed by atoms with Crippen molar-refractivity contribution in [2.24, 2.45) is 0 Å². The van der Waals surface area contributed by atoms with Gasteiger partial charge in [-0.05, 0) is 36.1 Å². The average Bonchev–Trinajstić information content (AvgIpc) is 2.54. The maximum atomic E-state index is 6.12. The van der Waals surface area contributed by atoms with Crippen molar-refractivity contribution in [3.05, 3.63) is 58.7 Å². The Bertz CT molecular complexity index is 681. The summed E-state index contributed by atoms with van der Waals surface area (Å²) in [6, 6.07) is 12.8. The number of aryl methyl sites for hydroxylation is 1. The molecule has 0 spiro atoms. The first-order chi connectivity index (χ1) is 10.3. The molecule has 4 rings (SSSR count). The van der Waals surface area contributed by atoms with Gasteiger partial charge in [0, 0.05) is 12.5 Å². The lowest BCUT2D eigenvalue weighted by molar-refractivity contribution is 0.231. The molecule has 2 aliphatic heterocycles. The van der Waals surface area contributed by atoms with Gasteiger partial charge in [0.25, 0.3) is 0 Å². The molecule has 0 amide bonds. The van der Waals surface area contributed by atoms with Crippen molar-refractivity contribution in [1.82, 2.24) is 5.32 Å². The Morgan fingerprint density at radius 2 is 2.00 bits per heavy atom. The fraction of sp³-hybridized carbons (Fsp3) is 0.333. The first-order valence-electron chi connectivity index (χ1n) is 7.49. The zero-order valence-corrected chi connectivity index (χ0v) is 12.2. The monoisotopic (exact) mass is 281 g/mol. The van der Waals surface area contributed by atoms with Crippen molar-refractivity contribution in [1.29, 1.82) is 0 Å². The molecule has 0 fully saturated rings. The van der Waals surface area contributed by atoms with E-state index in [9.17, 15) is 0 Å². The van der Waals surface area contributed by atoms with Gasteiger partial charge in [-0.3, -0.25) is 5.32 Å². The van der Waals surface area contributed by atoms with Crippen LogP contribution in [0.5, 0.6) is 11.5 Å². The Labute approximate surface area is 124 Å². The zero-order chi connectivity index (χ0) is 14.2. The minimum atomic E-state index is 0.439. The van der Waals surface area contributed by atoms with Gasteiger partial charge in [-0.15, -0.1) is 0 Å². The van der Waals surface area contributed by atoms with Gasteiger partial charge in [0.15, 0.2) is 0 Å². The highest BCUT2D eigenvalue weighted by molar-refractivity contribution is 5.52. The van der Waals surface area contributed by atoms with Crippen molar-refractivity contribution in [2.45, 2.75) is 25.8 Å². The zero-order valence-electron chi connectivity index (χ0n) is 12.2. The van der Waals surface area contributed by atoms with E-state index in [1.54, 1.807) is 0 Å². The van der Waals surface area contributed by atoms with Crippen LogP contribution in [0.15, 0.2) is 36.4 Å². The smallest absolute Gasteiger partial charge is 0.139 e. The van der Waals surface area contributed by atoms with Crippen molar-refractivity contribution < 1.29 is 9.47 Å². The largest absolute Gasteiger partial charge is 0.492 e. The third-order valence-corrected chi connectivity index (χ3v) is 4.45. The Hall–Kier alpha value is -2.00. The van der Waals surface area contributed by atoms with E-state index >= 15 is 0 Å². The fourth-order valence-corrected chi connectivity index (χ4v) is 3.36. The first-order valence-corrected chi connectivity index (χ1v) is 7.49. The van der Waals surface area contributed by atoms with Crippen LogP contribution in [-0.2, 0) is 13.0 Å². The Morgan fingerprint density at radius 3 is 2.90 bits per heavy atom. The molecule has 0 aliphatic carbocycles. The van der Waals surface area contributed by atoms with Gasteiger partial charge in [0.1, 0.15) is 18.2 Å².